The second-order valence-corrected chi connectivity index (χ2v) is 4.85. The highest BCUT2D eigenvalue weighted by Crippen LogP contribution is 2.11. The standard InChI is InChI=1S/C16H13FN6O/c17-14-8-6-12(7-9-14)10-18-19-15(24)11-23-21-16(20-22-23)13-4-2-1-3-5-13/h1-10H,11H2,(H,19,24)/b18-10+. The first-order valence-corrected chi connectivity index (χ1v) is 7.11. The molecule has 2 aromatic carbocycles. The van der Waals surface area contributed by atoms with Gasteiger partial charge in [-0.05, 0) is 22.9 Å². The lowest BCUT2D eigenvalue weighted by Crippen LogP contribution is -2.24. The number of benzene rings is 2. The summed E-state index contributed by atoms with van der Waals surface area (Å²) in [6, 6.07) is 15.1. The van der Waals surface area contributed by atoms with Crippen molar-refractivity contribution in [2.75, 3.05) is 0 Å². The average Bonchev–Trinajstić information content (AvgIpc) is 3.06. The molecule has 0 bridgehead atoms. The Morgan fingerprint density at radius 1 is 1.17 bits per heavy atom. The molecule has 0 fully saturated rings. The van der Waals surface area contributed by atoms with Gasteiger partial charge in [-0.3, -0.25) is 4.79 Å². The van der Waals surface area contributed by atoms with Gasteiger partial charge in [0.25, 0.3) is 5.91 Å². The van der Waals surface area contributed by atoms with Crippen LogP contribution in [-0.2, 0) is 11.3 Å². The summed E-state index contributed by atoms with van der Waals surface area (Å²) in [5.41, 5.74) is 3.84. The van der Waals surface area contributed by atoms with E-state index in [4.69, 9.17) is 0 Å². The number of rotatable bonds is 5. The lowest BCUT2D eigenvalue weighted by molar-refractivity contribution is -0.122. The van der Waals surface area contributed by atoms with Gasteiger partial charge < -0.3 is 0 Å². The molecule has 1 heterocycles. The molecule has 0 aliphatic heterocycles. The van der Waals surface area contributed by atoms with Crippen LogP contribution in [0, 0.1) is 5.82 Å². The first-order chi connectivity index (χ1) is 11.7. The summed E-state index contributed by atoms with van der Waals surface area (Å²) >= 11 is 0. The van der Waals surface area contributed by atoms with Gasteiger partial charge in [0.2, 0.25) is 5.82 Å². The summed E-state index contributed by atoms with van der Waals surface area (Å²) in [5.74, 6) is -0.286. The second kappa shape index (κ2) is 7.23. The molecular formula is C16H13FN6O. The van der Waals surface area contributed by atoms with Gasteiger partial charge in [-0.1, -0.05) is 42.5 Å². The van der Waals surface area contributed by atoms with Crippen LogP contribution in [0.1, 0.15) is 5.56 Å². The third-order valence-corrected chi connectivity index (χ3v) is 3.04. The second-order valence-electron chi connectivity index (χ2n) is 4.85. The number of carbonyl (C=O) groups excluding carboxylic acids is 1. The van der Waals surface area contributed by atoms with Gasteiger partial charge in [0, 0.05) is 5.56 Å². The van der Waals surface area contributed by atoms with Gasteiger partial charge in [-0.15, -0.1) is 10.2 Å². The van der Waals surface area contributed by atoms with Gasteiger partial charge in [-0.2, -0.15) is 9.90 Å². The number of carbonyl (C=O) groups is 1. The van der Waals surface area contributed by atoms with Crippen molar-refractivity contribution in [2.45, 2.75) is 6.54 Å². The Morgan fingerprint density at radius 2 is 1.92 bits per heavy atom. The third kappa shape index (κ3) is 4.07. The molecule has 1 aromatic heterocycles. The number of hydrazone groups is 1. The SMILES string of the molecule is O=C(Cn1nnc(-c2ccccc2)n1)N/N=C/c1ccc(F)cc1. The predicted octanol–water partition coefficient (Wildman–Crippen LogP) is 1.63. The maximum atomic E-state index is 12.8. The fourth-order valence-electron chi connectivity index (χ4n) is 1.90. The van der Waals surface area contributed by atoms with Crippen molar-refractivity contribution < 1.29 is 9.18 Å². The Hall–Kier alpha value is -3.42. The summed E-state index contributed by atoms with van der Waals surface area (Å²) in [5, 5.41) is 15.7. The van der Waals surface area contributed by atoms with Crippen LogP contribution in [0.15, 0.2) is 59.7 Å². The number of hydrogen-bond donors (Lipinski definition) is 1. The van der Waals surface area contributed by atoms with Crippen molar-refractivity contribution in [1.29, 1.82) is 0 Å². The first kappa shape index (κ1) is 15.5. The summed E-state index contributed by atoms with van der Waals surface area (Å²) < 4.78 is 12.8. The van der Waals surface area contributed by atoms with E-state index in [2.05, 4.69) is 25.9 Å². The van der Waals surface area contributed by atoms with Gasteiger partial charge in [0.1, 0.15) is 12.4 Å². The zero-order valence-corrected chi connectivity index (χ0v) is 12.5. The topological polar surface area (TPSA) is 85.1 Å². The molecular weight excluding hydrogens is 311 g/mol. The molecule has 120 valence electrons. The van der Waals surface area contributed by atoms with Crippen molar-refractivity contribution in [1.82, 2.24) is 25.6 Å². The Morgan fingerprint density at radius 3 is 2.67 bits per heavy atom. The molecule has 1 amide bonds. The van der Waals surface area contributed by atoms with E-state index >= 15 is 0 Å². The van der Waals surface area contributed by atoms with E-state index in [0.717, 1.165) is 5.56 Å². The molecule has 0 saturated carbocycles. The summed E-state index contributed by atoms with van der Waals surface area (Å²) in [7, 11) is 0. The van der Waals surface area contributed by atoms with Crippen molar-refractivity contribution >= 4 is 12.1 Å². The Balaban J connectivity index is 1.55. The molecule has 0 atom stereocenters. The fourth-order valence-corrected chi connectivity index (χ4v) is 1.90. The highest BCUT2D eigenvalue weighted by Gasteiger charge is 2.08. The Bertz CT molecular complexity index is 845. The lowest BCUT2D eigenvalue weighted by Gasteiger charge is -1.98. The van der Waals surface area contributed by atoms with Crippen LogP contribution < -0.4 is 5.43 Å². The average molecular weight is 324 g/mol. The van der Waals surface area contributed by atoms with Crippen molar-refractivity contribution in [2.24, 2.45) is 5.10 Å². The van der Waals surface area contributed by atoms with E-state index in [1.807, 2.05) is 30.3 Å². The van der Waals surface area contributed by atoms with Crippen molar-refractivity contribution in [3.63, 3.8) is 0 Å². The molecule has 7 nitrogen and oxygen atoms in total. The normalized spacial score (nSPS) is 10.9. The van der Waals surface area contributed by atoms with E-state index in [9.17, 15) is 9.18 Å². The number of aromatic nitrogens is 4. The highest BCUT2D eigenvalue weighted by molar-refractivity contribution is 5.82. The fraction of sp³-hybridized carbons (Fsp3) is 0.0625. The minimum Gasteiger partial charge on any atom is -0.271 e. The minimum atomic E-state index is -0.398. The molecule has 0 aliphatic carbocycles. The Kier molecular flexibility index (Phi) is 4.66. The zero-order chi connectivity index (χ0) is 16.8. The lowest BCUT2D eigenvalue weighted by atomic mass is 10.2. The first-order valence-electron chi connectivity index (χ1n) is 7.11. The molecule has 0 radical (unpaired) electrons. The summed E-state index contributed by atoms with van der Waals surface area (Å²) in [4.78, 5) is 13.0. The van der Waals surface area contributed by atoms with Gasteiger partial charge in [0.15, 0.2) is 0 Å². The number of nitrogens with one attached hydrogen (secondary N) is 1. The van der Waals surface area contributed by atoms with Crippen molar-refractivity contribution in [3.8, 4) is 11.4 Å². The van der Waals surface area contributed by atoms with Crippen LogP contribution >= 0.6 is 0 Å². The Labute approximate surface area is 136 Å². The molecule has 3 rings (SSSR count). The third-order valence-electron chi connectivity index (χ3n) is 3.04. The van der Waals surface area contributed by atoms with E-state index in [1.54, 1.807) is 12.1 Å². The van der Waals surface area contributed by atoms with Crippen LogP contribution in [0.3, 0.4) is 0 Å². The number of halogens is 1. The molecule has 0 aliphatic rings. The summed E-state index contributed by atoms with van der Waals surface area (Å²) in [6.45, 7) is -0.111. The van der Waals surface area contributed by atoms with Gasteiger partial charge >= 0.3 is 0 Å². The van der Waals surface area contributed by atoms with Crippen LogP contribution in [0.2, 0.25) is 0 Å². The largest absolute Gasteiger partial charge is 0.271 e. The minimum absolute atomic E-state index is 0.111. The maximum Gasteiger partial charge on any atom is 0.263 e. The summed E-state index contributed by atoms with van der Waals surface area (Å²) in [6.07, 6.45) is 1.42. The molecule has 1 N–H and O–H groups in total. The zero-order valence-electron chi connectivity index (χ0n) is 12.5. The van der Waals surface area contributed by atoms with Crippen LogP contribution in [-0.4, -0.2) is 32.3 Å². The molecule has 8 heteroatoms. The van der Waals surface area contributed by atoms with Crippen molar-refractivity contribution in [3.05, 3.63) is 66.0 Å². The van der Waals surface area contributed by atoms with Crippen LogP contribution in [0.5, 0.6) is 0 Å². The van der Waals surface area contributed by atoms with Gasteiger partial charge in [-0.25, -0.2) is 9.82 Å². The monoisotopic (exact) mass is 324 g/mol. The number of amides is 1. The van der Waals surface area contributed by atoms with Gasteiger partial charge in [0.05, 0.1) is 6.21 Å². The van der Waals surface area contributed by atoms with E-state index in [-0.39, 0.29) is 12.4 Å². The molecule has 0 spiro atoms. The number of nitrogens with zero attached hydrogens (tertiary/aromatic N) is 5. The number of tetrazole rings is 1. The molecule has 0 unspecified atom stereocenters. The molecule has 0 saturated heterocycles. The van der Waals surface area contributed by atoms with Crippen LogP contribution in [0.4, 0.5) is 4.39 Å². The highest BCUT2D eigenvalue weighted by atomic mass is 19.1. The van der Waals surface area contributed by atoms with Crippen LogP contribution in [0.25, 0.3) is 11.4 Å². The van der Waals surface area contributed by atoms with E-state index in [0.29, 0.717) is 11.4 Å². The predicted molar refractivity (Wildman–Crippen MR) is 85.4 cm³/mol. The van der Waals surface area contributed by atoms with E-state index in [1.165, 1.54) is 23.1 Å². The maximum absolute atomic E-state index is 12.8. The smallest absolute Gasteiger partial charge is 0.263 e. The number of hydrogen-bond acceptors (Lipinski definition) is 5. The molecule has 24 heavy (non-hydrogen) atoms. The van der Waals surface area contributed by atoms with E-state index < -0.39 is 5.91 Å². The molecule has 3 aromatic rings. The quantitative estimate of drug-likeness (QED) is 0.571.